The number of hydrogen-bond donors (Lipinski definition) is 2. The van der Waals surface area contributed by atoms with Gasteiger partial charge < -0.3 is 20.1 Å². The maximum Gasteiger partial charge on any atom is 0.325 e. The summed E-state index contributed by atoms with van der Waals surface area (Å²) in [5.74, 6) is 0.279. The maximum atomic E-state index is 12.6. The van der Waals surface area contributed by atoms with E-state index in [1.54, 1.807) is 36.7 Å². The number of methoxy groups -OCH3 is 2. The molecule has 0 spiro atoms. The molecule has 9 nitrogen and oxygen atoms in total. The highest BCUT2D eigenvalue weighted by Crippen LogP contribution is 2.28. The largest absolute Gasteiger partial charge is 0.493 e. The highest BCUT2D eigenvalue weighted by Gasteiger charge is 2.39. The molecule has 9 heteroatoms. The van der Waals surface area contributed by atoms with Crippen LogP contribution in [0.3, 0.4) is 0 Å². The summed E-state index contributed by atoms with van der Waals surface area (Å²) in [7, 11) is 3.04. The highest BCUT2D eigenvalue weighted by atomic mass is 16.5. The average Bonchev–Trinajstić information content (AvgIpc) is 3.00. The second kappa shape index (κ2) is 9.05. The molecule has 152 valence electrons. The van der Waals surface area contributed by atoms with Crippen LogP contribution in [0.4, 0.5) is 4.79 Å². The quantitative estimate of drug-likeness (QED) is 0.647. The van der Waals surface area contributed by atoms with Gasteiger partial charge in [0.25, 0.3) is 5.91 Å². The number of amides is 4. The van der Waals surface area contributed by atoms with Crippen LogP contribution in [0, 0.1) is 0 Å². The summed E-state index contributed by atoms with van der Waals surface area (Å²) >= 11 is 0. The zero-order valence-corrected chi connectivity index (χ0v) is 16.2. The Morgan fingerprint density at radius 2 is 1.97 bits per heavy atom. The minimum atomic E-state index is -0.892. The number of carbonyl (C=O) groups is 3. The molecule has 0 unspecified atom stereocenters. The van der Waals surface area contributed by atoms with Crippen LogP contribution in [-0.4, -0.2) is 48.0 Å². The van der Waals surface area contributed by atoms with Crippen LogP contribution < -0.4 is 20.1 Å². The van der Waals surface area contributed by atoms with Crippen molar-refractivity contribution in [3.8, 4) is 11.5 Å². The summed E-state index contributed by atoms with van der Waals surface area (Å²) in [5.41, 5.74) is 1.55. The number of ether oxygens (including phenoxy) is 2. The van der Waals surface area contributed by atoms with E-state index in [9.17, 15) is 14.4 Å². The molecule has 1 saturated heterocycles. The smallest absolute Gasteiger partial charge is 0.325 e. The molecule has 0 saturated carbocycles. The van der Waals surface area contributed by atoms with Crippen molar-refractivity contribution in [2.75, 3.05) is 14.2 Å². The lowest BCUT2D eigenvalue weighted by Gasteiger charge is -2.15. The van der Waals surface area contributed by atoms with Gasteiger partial charge in [-0.3, -0.25) is 19.5 Å². The first-order valence-electron chi connectivity index (χ1n) is 9.00. The third kappa shape index (κ3) is 4.81. The maximum absolute atomic E-state index is 12.6. The van der Waals surface area contributed by atoms with E-state index in [1.165, 1.54) is 14.2 Å². The van der Waals surface area contributed by atoms with Gasteiger partial charge in [-0.1, -0.05) is 12.1 Å². The number of urea groups is 1. The predicted molar refractivity (Wildman–Crippen MR) is 103 cm³/mol. The van der Waals surface area contributed by atoms with Crippen LogP contribution in [0.15, 0.2) is 42.7 Å². The number of aromatic nitrogens is 1. The van der Waals surface area contributed by atoms with Crippen molar-refractivity contribution < 1.29 is 23.9 Å². The molecule has 0 radical (unpaired) electrons. The molecule has 4 amide bonds. The van der Waals surface area contributed by atoms with Gasteiger partial charge >= 0.3 is 6.03 Å². The van der Waals surface area contributed by atoms with Crippen LogP contribution in [0.1, 0.15) is 17.5 Å². The molecule has 0 bridgehead atoms. The monoisotopic (exact) mass is 398 g/mol. The summed E-state index contributed by atoms with van der Waals surface area (Å²) in [5, 5.41) is 5.28. The zero-order chi connectivity index (χ0) is 20.8. The fourth-order valence-electron chi connectivity index (χ4n) is 2.99. The standard InChI is InChI=1S/C20H22N4O5/c1-28-16-6-5-13(8-17(16)29-2)12-24-19(26)15(23-20(24)27)9-18(25)22-11-14-4-3-7-21-10-14/h3-8,10,15H,9,11-12H2,1-2H3,(H,22,25)(H,23,27)/t15-/m1/s1. The van der Waals surface area contributed by atoms with Gasteiger partial charge in [-0.05, 0) is 29.3 Å². The van der Waals surface area contributed by atoms with Crippen molar-refractivity contribution >= 4 is 17.8 Å². The van der Waals surface area contributed by atoms with Crippen LogP contribution >= 0.6 is 0 Å². The van der Waals surface area contributed by atoms with Crippen molar-refractivity contribution in [1.82, 2.24) is 20.5 Å². The Morgan fingerprint density at radius 1 is 1.17 bits per heavy atom. The number of imide groups is 1. The number of nitrogens with one attached hydrogen (secondary N) is 2. The summed E-state index contributed by atoms with van der Waals surface area (Å²) in [6, 6.07) is 7.33. The Balaban J connectivity index is 1.58. The Labute approximate surface area is 168 Å². The van der Waals surface area contributed by atoms with Crippen LogP contribution in [-0.2, 0) is 22.7 Å². The molecule has 1 aromatic carbocycles. The van der Waals surface area contributed by atoms with Gasteiger partial charge in [-0.15, -0.1) is 0 Å². The molecule has 2 aromatic rings. The van der Waals surface area contributed by atoms with E-state index in [0.29, 0.717) is 23.6 Å². The van der Waals surface area contributed by atoms with E-state index in [4.69, 9.17) is 9.47 Å². The first-order chi connectivity index (χ1) is 14.0. The Kier molecular flexibility index (Phi) is 6.28. The van der Waals surface area contributed by atoms with Gasteiger partial charge in [0.15, 0.2) is 11.5 Å². The zero-order valence-electron chi connectivity index (χ0n) is 16.2. The lowest BCUT2D eigenvalue weighted by atomic mass is 10.1. The Bertz CT molecular complexity index is 903. The first-order valence-corrected chi connectivity index (χ1v) is 9.00. The highest BCUT2D eigenvalue weighted by molar-refractivity contribution is 6.05. The molecule has 1 aromatic heterocycles. The number of nitrogens with zero attached hydrogens (tertiary/aromatic N) is 2. The Morgan fingerprint density at radius 3 is 2.66 bits per heavy atom. The molecule has 3 rings (SSSR count). The van der Waals surface area contributed by atoms with Gasteiger partial charge in [-0.25, -0.2) is 4.79 Å². The third-order valence-corrected chi connectivity index (χ3v) is 4.50. The molecule has 29 heavy (non-hydrogen) atoms. The minimum Gasteiger partial charge on any atom is -0.493 e. The molecule has 1 aliphatic rings. The third-order valence-electron chi connectivity index (χ3n) is 4.50. The summed E-state index contributed by atoms with van der Waals surface area (Å²) < 4.78 is 10.4. The molecule has 1 aliphatic heterocycles. The van der Waals surface area contributed by atoms with Gasteiger partial charge in [0.05, 0.1) is 27.2 Å². The van der Waals surface area contributed by atoms with Crippen molar-refractivity contribution in [1.29, 1.82) is 0 Å². The van der Waals surface area contributed by atoms with E-state index < -0.39 is 18.0 Å². The van der Waals surface area contributed by atoms with Crippen molar-refractivity contribution in [3.63, 3.8) is 0 Å². The minimum absolute atomic E-state index is 0.0683. The van der Waals surface area contributed by atoms with Gasteiger partial charge in [0.2, 0.25) is 5.91 Å². The molecule has 2 N–H and O–H groups in total. The number of carbonyl (C=O) groups excluding carboxylic acids is 3. The number of pyridine rings is 1. The second-order valence-corrected chi connectivity index (χ2v) is 6.46. The van der Waals surface area contributed by atoms with Crippen LogP contribution in [0.25, 0.3) is 0 Å². The first kappa shape index (κ1) is 20.1. The summed E-state index contributed by atoms with van der Waals surface area (Å²) in [6.07, 6.45) is 3.16. The number of hydrogen-bond acceptors (Lipinski definition) is 6. The summed E-state index contributed by atoms with van der Waals surface area (Å²) in [4.78, 5) is 42.1. The number of benzene rings is 1. The topological polar surface area (TPSA) is 110 Å². The lowest BCUT2D eigenvalue weighted by molar-refractivity contribution is -0.131. The van der Waals surface area contributed by atoms with E-state index in [0.717, 1.165) is 10.5 Å². The fraction of sp³-hybridized carbons (Fsp3) is 0.300. The summed E-state index contributed by atoms with van der Waals surface area (Å²) in [6.45, 7) is 0.371. The van der Waals surface area contributed by atoms with Crippen LogP contribution in [0.2, 0.25) is 0 Å². The van der Waals surface area contributed by atoms with E-state index in [2.05, 4.69) is 15.6 Å². The normalized spacial score (nSPS) is 15.8. The van der Waals surface area contributed by atoms with Crippen molar-refractivity contribution in [2.45, 2.75) is 25.6 Å². The van der Waals surface area contributed by atoms with Crippen molar-refractivity contribution in [2.24, 2.45) is 0 Å². The van der Waals surface area contributed by atoms with Crippen molar-refractivity contribution in [3.05, 3.63) is 53.9 Å². The molecule has 1 atom stereocenters. The second-order valence-electron chi connectivity index (χ2n) is 6.46. The molecule has 1 fully saturated rings. The molecular weight excluding hydrogens is 376 g/mol. The molecule has 0 aliphatic carbocycles. The van der Waals surface area contributed by atoms with E-state index in [1.807, 2.05) is 6.07 Å². The van der Waals surface area contributed by atoms with E-state index >= 15 is 0 Å². The SMILES string of the molecule is COc1ccc(CN2C(=O)N[C@H](CC(=O)NCc3cccnc3)C2=O)cc1OC. The molecule has 2 heterocycles. The number of rotatable bonds is 8. The van der Waals surface area contributed by atoms with E-state index in [-0.39, 0.29) is 18.9 Å². The average molecular weight is 398 g/mol. The van der Waals surface area contributed by atoms with Gasteiger partial charge in [-0.2, -0.15) is 0 Å². The Hall–Kier alpha value is -3.62. The fourth-order valence-corrected chi connectivity index (χ4v) is 2.99. The lowest BCUT2D eigenvalue weighted by Crippen LogP contribution is -2.36. The van der Waals surface area contributed by atoms with Gasteiger partial charge in [0.1, 0.15) is 6.04 Å². The van der Waals surface area contributed by atoms with Crippen LogP contribution in [0.5, 0.6) is 11.5 Å². The molecular formula is C20H22N4O5. The van der Waals surface area contributed by atoms with Gasteiger partial charge in [0, 0.05) is 18.9 Å². The predicted octanol–water partition coefficient (Wildman–Crippen LogP) is 1.23.